The fourth-order valence-electron chi connectivity index (χ4n) is 3.72. The second-order valence-corrected chi connectivity index (χ2v) is 7.23. The second-order valence-electron chi connectivity index (χ2n) is 7.23. The third kappa shape index (κ3) is 2.09. The predicted octanol–water partition coefficient (Wildman–Crippen LogP) is 5.16. The zero-order chi connectivity index (χ0) is 16.2. The van der Waals surface area contributed by atoms with Crippen LogP contribution in [0.15, 0.2) is 36.4 Å². The van der Waals surface area contributed by atoms with Crippen LogP contribution in [-0.2, 0) is 15.3 Å². The minimum Gasteiger partial charge on any atom is -0.340 e. The van der Waals surface area contributed by atoms with Gasteiger partial charge in [0.15, 0.2) is 0 Å². The van der Waals surface area contributed by atoms with E-state index in [1.807, 2.05) is 0 Å². The van der Waals surface area contributed by atoms with E-state index in [0.29, 0.717) is 25.0 Å². The fraction of sp³-hybridized carbons (Fsp3) is 0.429. The lowest BCUT2D eigenvalue weighted by molar-refractivity contribution is -0.126. The number of hydrogen-bond donors (Lipinski definition) is 0. The van der Waals surface area contributed by atoms with E-state index in [9.17, 15) is 0 Å². The minimum absolute atomic E-state index is 0.494. The summed E-state index contributed by atoms with van der Waals surface area (Å²) in [4.78, 5) is 0. The van der Waals surface area contributed by atoms with Crippen molar-refractivity contribution in [1.82, 2.24) is 0 Å². The molecule has 1 aliphatic heterocycles. The molecular formula is C21H24O2. The van der Waals surface area contributed by atoms with Gasteiger partial charge in [0.2, 0.25) is 5.79 Å². The molecule has 0 aromatic heterocycles. The lowest BCUT2D eigenvalue weighted by Crippen LogP contribution is -2.26. The van der Waals surface area contributed by atoms with Crippen LogP contribution < -0.4 is 0 Å². The van der Waals surface area contributed by atoms with E-state index in [1.165, 1.54) is 33.4 Å². The van der Waals surface area contributed by atoms with Crippen LogP contribution in [0.5, 0.6) is 0 Å². The molecule has 0 atom stereocenters. The molecule has 23 heavy (non-hydrogen) atoms. The van der Waals surface area contributed by atoms with Crippen molar-refractivity contribution in [2.75, 3.05) is 13.2 Å². The summed E-state index contributed by atoms with van der Waals surface area (Å²) in [5.41, 5.74) is 7.52. The van der Waals surface area contributed by atoms with Gasteiger partial charge >= 0.3 is 0 Å². The van der Waals surface area contributed by atoms with Crippen molar-refractivity contribution in [1.29, 1.82) is 0 Å². The Bertz CT molecular complexity index is 693. The first-order chi connectivity index (χ1) is 11.0. The molecule has 1 heterocycles. The van der Waals surface area contributed by atoms with Crippen molar-refractivity contribution in [2.24, 2.45) is 0 Å². The highest BCUT2D eigenvalue weighted by atomic mass is 16.7. The Hall–Kier alpha value is -1.64. The maximum atomic E-state index is 6.20. The van der Waals surface area contributed by atoms with Crippen LogP contribution in [0.3, 0.4) is 0 Å². The van der Waals surface area contributed by atoms with E-state index in [-0.39, 0.29) is 0 Å². The Morgan fingerprint density at radius 3 is 1.57 bits per heavy atom. The molecular weight excluding hydrogens is 284 g/mol. The summed E-state index contributed by atoms with van der Waals surface area (Å²) in [6, 6.07) is 13.5. The quantitative estimate of drug-likeness (QED) is 0.762. The van der Waals surface area contributed by atoms with Crippen molar-refractivity contribution in [3.05, 3.63) is 58.7 Å². The molecule has 0 unspecified atom stereocenters. The SMILES string of the molecule is CC(C)c1ccc2c(c1)C1(OCCO1)c1cc(C(C)C)ccc1-2. The third-order valence-corrected chi connectivity index (χ3v) is 5.11. The van der Waals surface area contributed by atoms with Gasteiger partial charge in [-0.25, -0.2) is 0 Å². The summed E-state index contributed by atoms with van der Waals surface area (Å²) in [7, 11) is 0. The molecule has 2 aliphatic rings. The molecule has 0 bridgehead atoms. The molecule has 0 saturated carbocycles. The summed E-state index contributed by atoms with van der Waals surface area (Å²) in [6.07, 6.45) is 0. The Balaban J connectivity index is 1.96. The van der Waals surface area contributed by atoms with Gasteiger partial charge in [0, 0.05) is 11.1 Å². The number of fused-ring (bicyclic) bond motifs is 5. The van der Waals surface area contributed by atoms with Gasteiger partial charge < -0.3 is 9.47 Å². The Morgan fingerprint density at radius 1 is 0.739 bits per heavy atom. The standard InChI is InChI=1S/C21H24O2/c1-13(2)15-5-7-17-18-8-6-16(14(3)4)12-20(18)21(19(17)11-15)22-9-10-23-21/h5-8,11-14H,9-10H2,1-4H3. The van der Waals surface area contributed by atoms with E-state index < -0.39 is 5.79 Å². The summed E-state index contributed by atoms with van der Waals surface area (Å²) < 4.78 is 12.4. The summed E-state index contributed by atoms with van der Waals surface area (Å²) in [5.74, 6) is 0.294. The maximum absolute atomic E-state index is 6.20. The van der Waals surface area contributed by atoms with E-state index in [0.717, 1.165) is 0 Å². The highest BCUT2D eigenvalue weighted by molar-refractivity contribution is 5.80. The largest absolute Gasteiger partial charge is 0.340 e. The number of rotatable bonds is 2. The zero-order valence-corrected chi connectivity index (χ0v) is 14.3. The summed E-state index contributed by atoms with van der Waals surface area (Å²) in [5, 5.41) is 0. The van der Waals surface area contributed by atoms with Crippen molar-refractivity contribution in [2.45, 2.75) is 45.3 Å². The fourth-order valence-corrected chi connectivity index (χ4v) is 3.72. The molecule has 0 radical (unpaired) electrons. The molecule has 1 saturated heterocycles. The molecule has 0 N–H and O–H groups in total. The Labute approximate surface area is 138 Å². The zero-order valence-electron chi connectivity index (χ0n) is 14.3. The van der Waals surface area contributed by atoms with E-state index in [2.05, 4.69) is 64.1 Å². The van der Waals surface area contributed by atoms with Crippen LogP contribution in [-0.4, -0.2) is 13.2 Å². The average molecular weight is 308 g/mol. The Morgan fingerprint density at radius 2 is 1.17 bits per heavy atom. The van der Waals surface area contributed by atoms with E-state index in [4.69, 9.17) is 9.47 Å². The topological polar surface area (TPSA) is 18.5 Å². The highest BCUT2D eigenvalue weighted by Crippen LogP contribution is 2.53. The minimum atomic E-state index is -0.694. The van der Waals surface area contributed by atoms with Crippen LogP contribution in [0.25, 0.3) is 11.1 Å². The van der Waals surface area contributed by atoms with Crippen molar-refractivity contribution >= 4 is 0 Å². The normalized spacial score (nSPS) is 18.0. The smallest absolute Gasteiger partial charge is 0.223 e. The summed E-state index contributed by atoms with van der Waals surface area (Å²) in [6.45, 7) is 10.2. The molecule has 0 amide bonds. The first-order valence-electron chi connectivity index (χ1n) is 8.60. The Kier molecular flexibility index (Phi) is 3.36. The van der Waals surface area contributed by atoms with Crippen molar-refractivity contribution < 1.29 is 9.47 Å². The summed E-state index contributed by atoms with van der Waals surface area (Å²) >= 11 is 0. The van der Waals surface area contributed by atoms with Gasteiger partial charge in [-0.3, -0.25) is 0 Å². The van der Waals surface area contributed by atoms with Gasteiger partial charge in [-0.15, -0.1) is 0 Å². The van der Waals surface area contributed by atoms with Gasteiger partial charge in [-0.05, 0) is 46.2 Å². The van der Waals surface area contributed by atoms with Crippen LogP contribution in [0.4, 0.5) is 0 Å². The van der Waals surface area contributed by atoms with Gasteiger partial charge in [0.1, 0.15) is 0 Å². The molecule has 2 aromatic rings. The average Bonchev–Trinajstić information content (AvgIpc) is 3.13. The molecule has 120 valence electrons. The third-order valence-electron chi connectivity index (χ3n) is 5.11. The van der Waals surface area contributed by atoms with Gasteiger partial charge in [0.25, 0.3) is 0 Å². The van der Waals surface area contributed by atoms with Crippen LogP contribution in [0.2, 0.25) is 0 Å². The van der Waals surface area contributed by atoms with E-state index >= 15 is 0 Å². The van der Waals surface area contributed by atoms with Crippen molar-refractivity contribution in [3.8, 4) is 11.1 Å². The monoisotopic (exact) mass is 308 g/mol. The predicted molar refractivity (Wildman–Crippen MR) is 92.7 cm³/mol. The van der Waals surface area contributed by atoms with Gasteiger partial charge in [-0.1, -0.05) is 52.0 Å². The number of benzene rings is 2. The van der Waals surface area contributed by atoms with Gasteiger partial charge in [-0.2, -0.15) is 0 Å². The second kappa shape index (κ2) is 5.19. The van der Waals surface area contributed by atoms with Gasteiger partial charge in [0.05, 0.1) is 13.2 Å². The molecule has 4 rings (SSSR count). The number of hydrogen-bond acceptors (Lipinski definition) is 2. The molecule has 2 heteroatoms. The van der Waals surface area contributed by atoms with Crippen LogP contribution >= 0.6 is 0 Å². The first-order valence-corrected chi connectivity index (χ1v) is 8.60. The molecule has 1 fully saturated rings. The number of ether oxygens (including phenoxy) is 2. The lowest BCUT2D eigenvalue weighted by atomic mass is 9.95. The lowest BCUT2D eigenvalue weighted by Gasteiger charge is -2.26. The molecule has 1 spiro atoms. The van der Waals surface area contributed by atoms with E-state index in [1.54, 1.807) is 0 Å². The maximum Gasteiger partial charge on any atom is 0.223 e. The first kappa shape index (κ1) is 14.9. The molecule has 2 nitrogen and oxygen atoms in total. The van der Waals surface area contributed by atoms with Crippen molar-refractivity contribution in [3.63, 3.8) is 0 Å². The molecule has 1 aliphatic carbocycles. The highest BCUT2D eigenvalue weighted by Gasteiger charge is 2.48. The molecule has 2 aromatic carbocycles. The van der Waals surface area contributed by atoms with Crippen LogP contribution in [0.1, 0.15) is 61.8 Å². The van der Waals surface area contributed by atoms with Crippen LogP contribution in [0, 0.1) is 0 Å².